The van der Waals surface area contributed by atoms with Gasteiger partial charge in [-0.05, 0) is 31.0 Å². The van der Waals surface area contributed by atoms with Crippen molar-refractivity contribution >= 4 is 44.8 Å². The number of anilines is 1. The van der Waals surface area contributed by atoms with E-state index in [1.165, 1.54) is 0 Å². The van der Waals surface area contributed by atoms with Crippen LogP contribution in [0.15, 0.2) is 35.2 Å². The van der Waals surface area contributed by atoms with Gasteiger partial charge in [-0.3, -0.25) is 4.79 Å². The monoisotopic (exact) mass is 395 g/mol. The Balaban J connectivity index is 0.00000196. The summed E-state index contributed by atoms with van der Waals surface area (Å²) >= 11 is 0. The summed E-state index contributed by atoms with van der Waals surface area (Å²) in [7, 11) is -2.04. The van der Waals surface area contributed by atoms with Crippen LogP contribution in [0.4, 0.5) is 5.69 Å². The van der Waals surface area contributed by atoms with Crippen molar-refractivity contribution < 1.29 is 13.2 Å². The van der Waals surface area contributed by atoms with Gasteiger partial charge >= 0.3 is 0 Å². The Hall–Kier alpha value is -1.67. The average Bonchev–Trinajstić information content (AvgIpc) is 3.15. The highest BCUT2D eigenvalue weighted by Gasteiger charge is 2.38. The van der Waals surface area contributed by atoms with E-state index in [0.29, 0.717) is 16.3 Å². The van der Waals surface area contributed by atoms with E-state index < -0.39 is 15.6 Å². The maximum atomic E-state index is 13.1. The number of rotatable bonds is 4. The van der Waals surface area contributed by atoms with Gasteiger partial charge in [-0.15, -0.1) is 12.4 Å². The summed E-state index contributed by atoms with van der Waals surface area (Å²) in [6.45, 7) is 0.286. The number of carbonyl (C=O) groups excluding carboxylic acids is 1. The third kappa shape index (κ3) is 2.70. The Kier molecular flexibility index (Phi) is 4.77. The number of amides is 1. The summed E-state index contributed by atoms with van der Waals surface area (Å²) in [6, 6.07) is 8.51. The predicted molar refractivity (Wildman–Crippen MR) is 105 cm³/mol. The maximum Gasteiger partial charge on any atom is 0.258 e. The molecular weight excluding hydrogens is 374 g/mol. The molecule has 0 radical (unpaired) electrons. The number of nitrogens with one attached hydrogen (secondary N) is 1. The van der Waals surface area contributed by atoms with Gasteiger partial charge in [0, 0.05) is 35.5 Å². The molecule has 0 spiro atoms. The second kappa shape index (κ2) is 6.49. The summed E-state index contributed by atoms with van der Waals surface area (Å²) in [6.07, 6.45) is 3.46. The van der Waals surface area contributed by atoms with E-state index in [0.717, 1.165) is 31.4 Å². The zero-order chi connectivity index (χ0) is 17.8. The third-order valence-electron chi connectivity index (χ3n) is 5.47. The zero-order valence-electron chi connectivity index (χ0n) is 14.5. The molecule has 1 amide bonds. The van der Waals surface area contributed by atoms with Crippen molar-refractivity contribution in [3.63, 3.8) is 0 Å². The quantitative estimate of drug-likeness (QED) is 0.831. The Morgan fingerprint density at radius 2 is 1.88 bits per heavy atom. The minimum atomic E-state index is -3.74. The Bertz CT molecular complexity index is 985. The molecule has 0 saturated heterocycles. The van der Waals surface area contributed by atoms with Gasteiger partial charge in [0.2, 0.25) is 10.0 Å². The molecule has 26 heavy (non-hydrogen) atoms. The van der Waals surface area contributed by atoms with Crippen LogP contribution in [0.25, 0.3) is 10.8 Å². The second-order valence-corrected chi connectivity index (χ2v) is 8.62. The number of hydrogen-bond donors (Lipinski definition) is 2. The van der Waals surface area contributed by atoms with Crippen molar-refractivity contribution in [3.05, 3.63) is 35.9 Å². The molecule has 0 unspecified atom stereocenters. The molecule has 1 fully saturated rings. The van der Waals surface area contributed by atoms with Crippen LogP contribution in [0.2, 0.25) is 0 Å². The number of benzene rings is 2. The van der Waals surface area contributed by atoms with Crippen molar-refractivity contribution in [2.24, 2.45) is 5.73 Å². The molecule has 0 bridgehead atoms. The molecule has 0 atom stereocenters. The molecule has 2 aromatic carbocycles. The first-order valence-electron chi connectivity index (χ1n) is 8.46. The van der Waals surface area contributed by atoms with Gasteiger partial charge in [0.05, 0.1) is 10.6 Å². The minimum Gasteiger partial charge on any atom is -0.329 e. The SMILES string of the molecule is CN1C(=O)c2cccc3c(S(=O)(=O)NC4(CN)CCCC4)ccc1c23.Cl. The number of halogens is 1. The van der Waals surface area contributed by atoms with E-state index in [9.17, 15) is 13.2 Å². The van der Waals surface area contributed by atoms with Gasteiger partial charge < -0.3 is 10.6 Å². The highest BCUT2D eigenvalue weighted by molar-refractivity contribution is 7.89. The largest absolute Gasteiger partial charge is 0.329 e. The molecule has 0 aromatic heterocycles. The molecule has 8 heteroatoms. The first-order chi connectivity index (χ1) is 11.9. The minimum absolute atomic E-state index is 0. The lowest BCUT2D eigenvalue weighted by atomic mass is 10.0. The summed E-state index contributed by atoms with van der Waals surface area (Å²) in [5.41, 5.74) is 6.60. The lowest BCUT2D eigenvalue weighted by Gasteiger charge is -2.28. The number of carbonyl (C=O) groups is 1. The molecule has 3 N–H and O–H groups in total. The lowest BCUT2D eigenvalue weighted by Crippen LogP contribution is -2.51. The van der Waals surface area contributed by atoms with Gasteiger partial charge in [0.25, 0.3) is 5.91 Å². The molecule has 4 rings (SSSR count). The fourth-order valence-electron chi connectivity index (χ4n) is 4.08. The van der Waals surface area contributed by atoms with Crippen molar-refractivity contribution in [2.45, 2.75) is 36.1 Å². The molecule has 6 nitrogen and oxygen atoms in total. The number of sulfonamides is 1. The van der Waals surface area contributed by atoms with Gasteiger partial charge in [-0.2, -0.15) is 0 Å². The fourth-order valence-corrected chi connectivity index (χ4v) is 5.76. The first kappa shape index (κ1) is 19.1. The van der Waals surface area contributed by atoms with E-state index >= 15 is 0 Å². The van der Waals surface area contributed by atoms with Crippen LogP contribution in [-0.4, -0.2) is 33.5 Å². The molecule has 2 aliphatic rings. The Morgan fingerprint density at radius 1 is 1.19 bits per heavy atom. The molecule has 2 aromatic rings. The maximum absolute atomic E-state index is 13.1. The van der Waals surface area contributed by atoms with Crippen molar-refractivity contribution in [1.82, 2.24) is 4.72 Å². The van der Waals surface area contributed by atoms with Gasteiger partial charge in [-0.25, -0.2) is 13.1 Å². The second-order valence-electron chi connectivity index (χ2n) is 6.97. The van der Waals surface area contributed by atoms with Crippen LogP contribution in [0.5, 0.6) is 0 Å². The average molecular weight is 396 g/mol. The van der Waals surface area contributed by atoms with Crippen LogP contribution >= 0.6 is 12.4 Å². The van der Waals surface area contributed by atoms with E-state index in [4.69, 9.17) is 5.73 Å². The van der Waals surface area contributed by atoms with Crippen LogP contribution in [-0.2, 0) is 10.0 Å². The predicted octanol–water partition coefficient (Wildman–Crippen LogP) is 2.40. The van der Waals surface area contributed by atoms with Gasteiger partial charge in [0.15, 0.2) is 0 Å². The molecule has 1 aliphatic heterocycles. The van der Waals surface area contributed by atoms with Crippen molar-refractivity contribution in [3.8, 4) is 0 Å². The fraction of sp³-hybridized carbons (Fsp3) is 0.389. The zero-order valence-corrected chi connectivity index (χ0v) is 16.1. The summed E-state index contributed by atoms with van der Waals surface area (Å²) in [4.78, 5) is 14.1. The van der Waals surface area contributed by atoms with E-state index in [-0.39, 0.29) is 29.8 Å². The smallest absolute Gasteiger partial charge is 0.258 e. The van der Waals surface area contributed by atoms with Crippen LogP contribution in [0.3, 0.4) is 0 Å². The van der Waals surface area contributed by atoms with Gasteiger partial charge in [0.1, 0.15) is 0 Å². The summed E-state index contributed by atoms with van der Waals surface area (Å²) < 4.78 is 29.1. The van der Waals surface area contributed by atoms with Gasteiger partial charge in [-0.1, -0.05) is 25.0 Å². The van der Waals surface area contributed by atoms with Crippen LogP contribution in [0, 0.1) is 0 Å². The highest BCUT2D eigenvalue weighted by atomic mass is 35.5. The molecule has 1 heterocycles. The molecule has 1 saturated carbocycles. The van der Waals surface area contributed by atoms with E-state index in [2.05, 4.69) is 4.72 Å². The van der Waals surface area contributed by atoms with Crippen molar-refractivity contribution in [2.75, 3.05) is 18.5 Å². The Morgan fingerprint density at radius 3 is 2.54 bits per heavy atom. The van der Waals surface area contributed by atoms with Crippen molar-refractivity contribution in [1.29, 1.82) is 0 Å². The first-order valence-corrected chi connectivity index (χ1v) is 9.95. The van der Waals surface area contributed by atoms with E-state index in [1.807, 2.05) is 0 Å². The number of hydrogen-bond acceptors (Lipinski definition) is 4. The molecular formula is C18H22ClN3O3S. The number of nitrogens with two attached hydrogens (primary N) is 1. The molecule has 140 valence electrons. The lowest BCUT2D eigenvalue weighted by molar-refractivity contribution is 0.0999. The highest BCUT2D eigenvalue weighted by Crippen LogP contribution is 2.40. The standard InChI is InChI=1S/C18H21N3O3S.ClH/c1-21-14-7-8-15(12-5-4-6-13(16(12)14)17(21)22)25(23,24)20-18(11-19)9-2-3-10-18;/h4-8,20H,2-3,9-11,19H2,1H3;1H. The van der Waals surface area contributed by atoms with E-state index in [1.54, 1.807) is 42.3 Å². The normalized spacial score (nSPS) is 18.4. The molecule has 1 aliphatic carbocycles. The van der Waals surface area contributed by atoms with Crippen LogP contribution < -0.4 is 15.4 Å². The van der Waals surface area contributed by atoms with Crippen LogP contribution in [0.1, 0.15) is 36.0 Å². The summed E-state index contributed by atoms with van der Waals surface area (Å²) in [5.74, 6) is -0.114. The third-order valence-corrected chi connectivity index (χ3v) is 7.10. The Labute approximate surface area is 159 Å². The topological polar surface area (TPSA) is 92.5 Å². The number of nitrogens with zero attached hydrogens (tertiary/aromatic N) is 1. The summed E-state index contributed by atoms with van der Waals surface area (Å²) in [5, 5.41) is 1.27.